The summed E-state index contributed by atoms with van der Waals surface area (Å²) in [6.45, 7) is 0.494. The van der Waals surface area contributed by atoms with Crippen molar-refractivity contribution in [2.24, 2.45) is 0 Å². The van der Waals surface area contributed by atoms with E-state index in [0.29, 0.717) is 12.4 Å². The third kappa shape index (κ3) is 2.74. The quantitative estimate of drug-likeness (QED) is 0.779. The Balaban J connectivity index is 1.89. The second kappa shape index (κ2) is 6.10. The fraction of sp³-hybridized carbons (Fsp3) is 0.333. The maximum absolute atomic E-state index is 11.2. The molecule has 1 unspecified atom stereocenters. The van der Waals surface area contributed by atoms with Crippen LogP contribution in [0.2, 0.25) is 0 Å². The predicted octanol–water partition coefficient (Wildman–Crippen LogP) is 3.15. The van der Waals surface area contributed by atoms with Gasteiger partial charge in [0.15, 0.2) is 0 Å². The fourth-order valence-electron chi connectivity index (χ4n) is 2.80. The minimum Gasteiger partial charge on any atom is -0.465 e. The van der Waals surface area contributed by atoms with Gasteiger partial charge in [-0.25, -0.2) is 9.78 Å². The molecule has 2 heterocycles. The summed E-state index contributed by atoms with van der Waals surface area (Å²) < 4.78 is 0.853. The first-order valence-corrected chi connectivity index (χ1v) is 7.83. The summed E-state index contributed by atoms with van der Waals surface area (Å²) in [5.41, 5.74) is 2.52. The van der Waals surface area contributed by atoms with Gasteiger partial charge in [-0.05, 0) is 36.1 Å². The highest BCUT2D eigenvalue weighted by Gasteiger charge is 2.31. The molecule has 1 fully saturated rings. The molecular weight excluding hydrogens is 350 g/mol. The molecule has 0 saturated carbocycles. The number of halogens is 1. The summed E-state index contributed by atoms with van der Waals surface area (Å²) in [6, 6.07) is 5.47. The maximum Gasteiger partial charge on any atom is 0.407 e. The molecule has 1 atom stereocenters. The zero-order valence-corrected chi connectivity index (χ0v) is 13.4. The largest absolute Gasteiger partial charge is 0.465 e. The number of hydrogen-bond acceptors (Lipinski definition) is 3. The van der Waals surface area contributed by atoms with Crippen LogP contribution in [0.4, 0.5) is 4.79 Å². The minimum atomic E-state index is -0.911. The van der Waals surface area contributed by atoms with Crippen molar-refractivity contribution in [3.05, 3.63) is 40.3 Å². The first-order chi connectivity index (χ1) is 10.6. The molecule has 1 aromatic heterocycles. The summed E-state index contributed by atoms with van der Waals surface area (Å²) in [5, 5.41) is 18.6. The van der Waals surface area contributed by atoms with Gasteiger partial charge in [-0.1, -0.05) is 22.0 Å². The molecule has 3 N–H and O–H groups in total. The van der Waals surface area contributed by atoms with Gasteiger partial charge in [-0.15, -0.1) is 0 Å². The Labute approximate surface area is 135 Å². The van der Waals surface area contributed by atoms with Crippen LogP contribution in [-0.4, -0.2) is 37.7 Å². The van der Waals surface area contributed by atoms with Gasteiger partial charge in [0.25, 0.3) is 0 Å². The Hall–Kier alpha value is -1.86. The first-order valence-electron chi connectivity index (χ1n) is 7.04. The summed E-state index contributed by atoms with van der Waals surface area (Å²) >= 11 is 3.39. The number of amides is 1. The van der Waals surface area contributed by atoms with Crippen molar-refractivity contribution in [3.8, 4) is 11.3 Å². The van der Waals surface area contributed by atoms with Gasteiger partial charge in [0, 0.05) is 11.0 Å². The van der Waals surface area contributed by atoms with Crippen LogP contribution in [-0.2, 0) is 6.61 Å². The van der Waals surface area contributed by atoms with Gasteiger partial charge >= 0.3 is 6.09 Å². The summed E-state index contributed by atoms with van der Waals surface area (Å²) in [7, 11) is 0. The number of carbonyl (C=O) groups is 1. The van der Waals surface area contributed by atoms with E-state index in [4.69, 9.17) is 0 Å². The molecule has 3 rings (SSSR count). The van der Waals surface area contributed by atoms with E-state index in [-0.39, 0.29) is 12.6 Å². The first kappa shape index (κ1) is 15.1. The standard InChI is InChI=1S/C15H16BrN3O3/c16-11-4-3-9(6-10(11)8-20)12-7-17-14(18-12)13-2-1-5-19(13)15(21)22/h3-4,6-7,13,20H,1-2,5,8H2,(H,17,18)(H,21,22). The maximum atomic E-state index is 11.2. The SMILES string of the molecule is O=C(O)N1CCCC1c1ncc(-c2ccc(Br)c(CO)c2)[nH]1. The fourth-order valence-corrected chi connectivity index (χ4v) is 3.17. The number of nitrogens with one attached hydrogen (secondary N) is 1. The van der Waals surface area contributed by atoms with E-state index in [1.807, 2.05) is 18.2 Å². The van der Waals surface area contributed by atoms with E-state index in [1.54, 1.807) is 6.20 Å². The highest BCUT2D eigenvalue weighted by molar-refractivity contribution is 9.10. The van der Waals surface area contributed by atoms with E-state index >= 15 is 0 Å². The van der Waals surface area contributed by atoms with Crippen molar-refractivity contribution >= 4 is 22.0 Å². The normalized spacial score (nSPS) is 17.9. The molecule has 7 heteroatoms. The number of aliphatic hydroxyl groups excluding tert-OH is 1. The molecule has 0 radical (unpaired) electrons. The smallest absolute Gasteiger partial charge is 0.407 e. The predicted molar refractivity (Wildman–Crippen MR) is 84.4 cm³/mol. The number of benzene rings is 1. The van der Waals surface area contributed by atoms with E-state index in [0.717, 1.165) is 34.1 Å². The van der Waals surface area contributed by atoms with E-state index in [2.05, 4.69) is 25.9 Å². The van der Waals surface area contributed by atoms with Gasteiger partial charge in [-0.2, -0.15) is 0 Å². The molecule has 116 valence electrons. The van der Waals surface area contributed by atoms with E-state index < -0.39 is 6.09 Å². The number of aromatic amines is 1. The second-order valence-corrected chi connectivity index (χ2v) is 6.13. The number of nitrogens with zero attached hydrogens (tertiary/aromatic N) is 2. The van der Waals surface area contributed by atoms with Crippen molar-refractivity contribution in [1.82, 2.24) is 14.9 Å². The lowest BCUT2D eigenvalue weighted by molar-refractivity contribution is 0.139. The molecule has 6 nitrogen and oxygen atoms in total. The number of hydrogen-bond donors (Lipinski definition) is 3. The molecule has 1 saturated heterocycles. The number of aliphatic hydroxyl groups is 1. The van der Waals surface area contributed by atoms with Crippen LogP contribution in [0.1, 0.15) is 30.3 Å². The molecule has 1 amide bonds. The third-order valence-corrected chi connectivity index (χ3v) is 4.71. The second-order valence-electron chi connectivity index (χ2n) is 5.28. The lowest BCUT2D eigenvalue weighted by Gasteiger charge is -2.19. The number of H-pyrrole nitrogens is 1. The number of rotatable bonds is 3. The Bertz CT molecular complexity index is 701. The molecule has 0 aliphatic carbocycles. The number of carboxylic acid groups (broad SMARTS) is 1. The van der Waals surface area contributed by atoms with Gasteiger partial charge in [0.05, 0.1) is 24.5 Å². The van der Waals surface area contributed by atoms with Crippen LogP contribution in [0.25, 0.3) is 11.3 Å². The average Bonchev–Trinajstić information content (AvgIpc) is 3.16. The molecule has 2 aromatic rings. The number of aromatic nitrogens is 2. The summed E-state index contributed by atoms with van der Waals surface area (Å²) in [5.74, 6) is 0.670. The summed E-state index contributed by atoms with van der Waals surface area (Å²) in [4.78, 5) is 20.2. The molecule has 22 heavy (non-hydrogen) atoms. The molecule has 0 bridgehead atoms. The lowest BCUT2D eigenvalue weighted by Crippen LogP contribution is -2.29. The Kier molecular flexibility index (Phi) is 4.17. The minimum absolute atomic E-state index is 0.0508. The lowest BCUT2D eigenvalue weighted by atomic mass is 10.1. The van der Waals surface area contributed by atoms with Gasteiger partial charge in [-0.3, -0.25) is 4.90 Å². The van der Waals surface area contributed by atoms with Crippen molar-refractivity contribution < 1.29 is 15.0 Å². The zero-order chi connectivity index (χ0) is 15.7. The van der Waals surface area contributed by atoms with Gasteiger partial charge in [0.2, 0.25) is 0 Å². The average molecular weight is 366 g/mol. The van der Waals surface area contributed by atoms with Crippen LogP contribution in [0.3, 0.4) is 0 Å². The van der Waals surface area contributed by atoms with Crippen molar-refractivity contribution in [1.29, 1.82) is 0 Å². The van der Waals surface area contributed by atoms with E-state index in [9.17, 15) is 15.0 Å². The van der Waals surface area contributed by atoms with Crippen LogP contribution < -0.4 is 0 Å². The molecule has 0 spiro atoms. The third-order valence-electron chi connectivity index (χ3n) is 3.94. The topological polar surface area (TPSA) is 89.4 Å². The van der Waals surface area contributed by atoms with Crippen molar-refractivity contribution in [2.45, 2.75) is 25.5 Å². The van der Waals surface area contributed by atoms with Gasteiger partial charge in [0.1, 0.15) is 5.82 Å². The molecule has 1 aromatic carbocycles. The molecule has 1 aliphatic rings. The monoisotopic (exact) mass is 365 g/mol. The molecular formula is C15H16BrN3O3. The summed E-state index contributed by atoms with van der Waals surface area (Å²) in [6.07, 6.45) is 2.42. The van der Waals surface area contributed by atoms with Crippen molar-refractivity contribution in [3.63, 3.8) is 0 Å². The van der Waals surface area contributed by atoms with Crippen LogP contribution in [0.5, 0.6) is 0 Å². The Morgan fingerprint density at radius 3 is 3.05 bits per heavy atom. The zero-order valence-electron chi connectivity index (χ0n) is 11.8. The van der Waals surface area contributed by atoms with Gasteiger partial charge < -0.3 is 15.2 Å². The number of likely N-dealkylation sites (tertiary alicyclic amines) is 1. The van der Waals surface area contributed by atoms with Crippen LogP contribution in [0.15, 0.2) is 28.9 Å². The Morgan fingerprint density at radius 2 is 2.32 bits per heavy atom. The highest BCUT2D eigenvalue weighted by atomic mass is 79.9. The number of imidazole rings is 1. The van der Waals surface area contributed by atoms with Crippen LogP contribution >= 0.6 is 15.9 Å². The van der Waals surface area contributed by atoms with Crippen molar-refractivity contribution in [2.75, 3.05) is 6.54 Å². The van der Waals surface area contributed by atoms with E-state index in [1.165, 1.54) is 4.90 Å². The molecule has 1 aliphatic heterocycles. The van der Waals surface area contributed by atoms with Crippen LogP contribution in [0, 0.1) is 0 Å². The highest BCUT2D eigenvalue weighted by Crippen LogP contribution is 2.32. The Morgan fingerprint density at radius 1 is 1.50 bits per heavy atom.